The maximum absolute atomic E-state index is 13.8. The summed E-state index contributed by atoms with van der Waals surface area (Å²) < 4.78 is 27.7. The van der Waals surface area contributed by atoms with Gasteiger partial charge in [-0.05, 0) is 36.7 Å². The minimum absolute atomic E-state index is 0.0641. The van der Waals surface area contributed by atoms with Crippen molar-refractivity contribution in [2.75, 3.05) is 7.05 Å². The Kier molecular flexibility index (Phi) is 4.27. The first-order chi connectivity index (χ1) is 9.17. The van der Waals surface area contributed by atoms with E-state index in [1.54, 1.807) is 7.05 Å². The molecule has 19 heavy (non-hydrogen) atoms. The van der Waals surface area contributed by atoms with Crippen LogP contribution in [0, 0.1) is 11.6 Å². The first-order valence-corrected chi connectivity index (χ1v) is 6.37. The van der Waals surface area contributed by atoms with Gasteiger partial charge in [0.05, 0.1) is 6.04 Å². The lowest BCUT2D eigenvalue weighted by molar-refractivity contribution is 0.522. The summed E-state index contributed by atoms with van der Waals surface area (Å²) in [5, 5.41) is 2.97. The van der Waals surface area contributed by atoms with Gasteiger partial charge in [-0.2, -0.15) is 0 Å². The number of rotatable bonds is 4. The number of hydrogen-bond donors (Lipinski definition) is 1. The van der Waals surface area contributed by atoms with Gasteiger partial charge in [0.15, 0.2) is 0 Å². The van der Waals surface area contributed by atoms with Crippen molar-refractivity contribution < 1.29 is 8.78 Å². The fraction of sp³-hybridized carbons (Fsp3) is 0.250. The fourth-order valence-electron chi connectivity index (χ4n) is 2.21. The normalized spacial score (nSPS) is 12.4. The number of benzene rings is 2. The quantitative estimate of drug-likeness (QED) is 0.881. The van der Waals surface area contributed by atoms with Crippen LogP contribution in [0.3, 0.4) is 0 Å². The first-order valence-electron chi connectivity index (χ1n) is 6.37. The molecule has 0 fully saturated rings. The third-order valence-electron chi connectivity index (χ3n) is 3.30. The second-order valence-corrected chi connectivity index (χ2v) is 4.45. The lowest BCUT2D eigenvalue weighted by Crippen LogP contribution is -2.20. The molecule has 3 heteroatoms. The van der Waals surface area contributed by atoms with E-state index >= 15 is 0 Å². The van der Waals surface area contributed by atoms with Crippen LogP contribution in [0.1, 0.15) is 29.7 Å². The molecule has 0 radical (unpaired) electrons. The molecule has 1 nitrogen and oxygen atoms in total. The maximum atomic E-state index is 13.8. The highest BCUT2D eigenvalue weighted by Crippen LogP contribution is 2.26. The molecule has 0 spiro atoms. The molecule has 2 aromatic rings. The Balaban J connectivity index is 2.44. The topological polar surface area (TPSA) is 12.0 Å². The fourth-order valence-corrected chi connectivity index (χ4v) is 2.21. The molecule has 0 aliphatic heterocycles. The predicted molar refractivity (Wildman–Crippen MR) is 73.1 cm³/mol. The molecule has 1 N–H and O–H groups in total. The van der Waals surface area contributed by atoms with Gasteiger partial charge in [0.1, 0.15) is 11.6 Å². The Morgan fingerprint density at radius 3 is 2.05 bits per heavy atom. The standard InChI is InChI=1S/C16H17F2N/c1-3-11-7-9-12(10-8-11)16(19-2)15-13(17)5-4-6-14(15)18/h4-10,16,19H,3H2,1-2H3. The number of hydrogen-bond acceptors (Lipinski definition) is 1. The van der Waals surface area contributed by atoms with E-state index in [2.05, 4.69) is 12.2 Å². The molecule has 0 saturated carbocycles. The van der Waals surface area contributed by atoms with Crippen molar-refractivity contribution in [2.24, 2.45) is 0 Å². The highest BCUT2D eigenvalue weighted by atomic mass is 19.1. The van der Waals surface area contributed by atoms with Gasteiger partial charge >= 0.3 is 0 Å². The molecule has 0 bridgehead atoms. The zero-order chi connectivity index (χ0) is 13.8. The van der Waals surface area contributed by atoms with Gasteiger partial charge < -0.3 is 5.32 Å². The minimum atomic E-state index is -0.529. The summed E-state index contributed by atoms with van der Waals surface area (Å²) in [6, 6.07) is 11.2. The van der Waals surface area contributed by atoms with Crippen molar-refractivity contribution in [1.82, 2.24) is 5.32 Å². The van der Waals surface area contributed by atoms with E-state index in [9.17, 15) is 8.78 Å². The smallest absolute Gasteiger partial charge is 0.131 e. The van der Waals surface area contributed by atoms with Crippen LogP contribution in [-0.4, -0.2) is 7.05 Å². The molecule has 0 aliphatic rings. The molecule has 0 amide bonds. The number of aryl methyl sites for hydroxylation is 1. The molecule has 2 aromatic carbocycles. The molecular formula is C16H17F2N. The summed E-state index contributed by atoms with van der Waals surface area (Å²) in [5.74, 6) is -1.06. The Hall–Kier alpha value is -1.74. The number of nitrogens with one attached hydrogen (secondary N) is 1. The molecule has 0 aliphatic carbocycles. The van der Waals surface area contributed by atoms with Crippen molar-refractivity contribution in [3.8, 4) is 0 Å². The van der Waals surface area contributed by atoms with E-state index in [0.29, 0.717) is 0 Å². The van der Waals surface area contributed by atoms with Crippen molar-refractivity contribution >= 4 is 0 Å². The summed E-state index contributed by atoms with van der Waals surface area (Å²) in [4.78, 5) is 0. The molecule has 1 atom stereocenters. The Morgan fingerprint density at radius 1 is 1.00 bits per heavy atom. The van der Waals surface area contributed by atoms with Crippen molar-refractivity contribution in [3.05, 3.63) is 70.8 Å². The van der Waals surface area contributed by atoms with Crippen molar-refractivity contribution in [1.29, 1.82) is 0 Å². The molecule has 0 saturated heterocycles. The zero-order valence-corrected chi connectivity index (χ0v) is 11.1. The van der Waals surface area contributed by atoms with Crippen LogP contribution in [0.2, 0.25) is 0 Å². The van der Waals surface area contributed by atoms with Crippen molar-refractivity contribution in [3.63, 3.8) is 0 Å². The lowest BCUT2D eigenvalue weighted by atomic mass is 9.96. The van der Waals surface area contributed by atoms with Crippen LogP contribution in [0.25, 0.3) is 0 Å². The summed E-state index contributed by atoms with van der Waals surface area (Å²) in [7, 11) is 1.70. The monoisotopic (exact) mass is 261 g/mol. The van der Waals surface area contributed by atoms with E-state index < -0.39 is 17.7 Å². The van der Waals surface area contributed by atoms with Gasteiger partial charge in [-0.1, -0.05) is 37.3 Å². The SMILES string of the molecule is CCc1ccc(C(NC)c2c(F)cccc2F)cc1. The first kappa shape index (κ1) is 13.7. The Bertz CT molecular complexity index is 529. The predicted octanol–water partition coefficient (Wildman–Crippen LogP) is 3.84. The summed E-state index contributed by atoms with van der Waals surface area (Å²) in [6.45, 7) is 2.07. The van der Waals surface area contributed by atoms with Crippen LogP contribution in [0.4, 0.5) is 8.78 Å². The van der Waals surface area contributed by atoms with E-state index in [0.717, 1.165) is 12.0 Å². The Morgan fingerprint density at radius 2 is 1.58 bits per heavy atom. The van der Waals surface area contributed by atoms with Gasteiger partial charge in [-0.15, -0.1) is 0 Å². The van der Waals surface area contributed by atoms with Crippen LogP contribution in [0.5, 0.6) is 0 Å². The zero-order valence-electron chi connectivity index (χ0n) is 11.1. The van der Waals surface area contributed by atoms with Crippen LogP contribution in [0.15, 0.2) is 42.5 Å². The van der Waals surface area contributed by atoms with E-state index in [4.69, 9.17) is 0 Å². The minimum Gasteiger partial charge on any atom is -0.309 e. The molecule has 0 heterocycles. The third-order valence-corrected chi connectivity index (χ3v) is 3.30. The van der Waals surface area contributed by atoms with Crippen LogP contribution >= 0.6 is 0 Å². The summed E-state index contributed by atoms with van der Waals surface area (Å²) in [6.07, 6.45) is 0.943. The average Bonchev–Trinajstić information content (AvgIpc) is 2.43. The second kappa shape index (κ2) is 5.93. The molecule has 2 rings (SSSR count). The van der Waals surface area contributed by atoms with Gasteiger partial charge in [-0.25, -0.2) is 8.78 Å². The Labute approximate surface area is 112 Å². The van der Waals surface area contributed by atoms with Gasteiger partial charge in [-0.3, -0.25) is 0 Å². The molecule has 1 unspecified atom stereocenters. The van der Waals surface area contributed by atoms with Gasteiger partial charge in [0.25, 0.3) is 0 Å². The van der Waals surface area contributed by atoms with Gasteiger partial charge in [0, 0.05) is 5.56 Å². The molecule has 0 aromatic heterocycles. The second-order valence-electron chi connectivity index (χ2n) is 4.45. The third kappa shape index (κ3) is 2.82. The van der Waals surface area contributed by atoms with Crippen LogP contribution < -0.4 is 5.32 Å². The summed E-state index contributed by atoms with van der Waals surface area (Å²) >= 11 is 0. The van der Waals surface area contributed by atoms with Gasteiger partial charge in [0.2, 0.25) is 0 Å². The van der Waals surface area contributed by atoms with E-state index in [1.165, 1.54) is 23.8 Å². The molecule has 100 valence electrons. The summed E-state index contributed by atoms with van der Waals surface area (Å²) in [5.41, 5.74) is 2.12. The highest BCUT2D eigenvalue weighted by Gasteiger charge is 2.20. The van der Waals surface area contributed by atoms with Crippen LogP contribution in [-0.2, 0) is 6.42 Å². The highest BCUT2D eigenvalue weighted by molar-refractivity contribution is 5.35. The van der Waals surface area contributed by atoms with E-state index in [1.807, 2.05) is 24.3 Å². The van der Waals surface area contributed by atoms with Crippen molar-refractivity contribution in [2.45, 2.75) is 19.4 Å². The average molecular weight is 261 g/mol. The molecular weight excluding hydrogens is 244 g/mol. The largest absolute Gasteiger partial charge is 0.309 e. The lowest BCUT2D eigenvalue weighted by Gasteiger charge is -2.19. The number of halogens is 2. The van der Waals surface area contributed by atoms with E-state index in [-0.39, 0.29) is 5.56 Å². The maximum Gasteiger partial charge on any atom is 0.131 e.